The molecule has 0 radical (unpaired) electrons. The molecule has 1 amide bonds. The van der Waals surface area contributed by atoms with Crippen LogP contribution in [0.2, 0.25) is 5.02 Å². The lowest BCUT2D eigenvalue weighted by atomic mass is 9.99. The zero-order chi connectivity index (χ0) is 20.9. The van der Waals surface area contributed by atoms with Crippen LogP contribution < -0.4 is 4.74 Å². The van der Waals surface area contributed by atoms with Crippen LogP contribution in [0.3, 0.4) is 0 Å². The van der Waals surface area contributed by atoms with Crippen LogP contribution in [0.1, 0.15) is 39.7 Å². The number of ether oxygens (including phenoxy) is 1. The number of carbonyl (C=O) groups is 1. The zero-order valence-corrected chi connectivity index (χ0v) is 17.4. The summed E-state index contributed by atoms with van der Waals surface area (Å²) < 4.78 is 5.70. The number of amides is 1. The van der Waals surface area contributed by atoms with E-state index in [0.717, 1.165) is 22.6 Å². The zero-order valence-electron chi connectivity index (χ0n) is 16.7. The minimum atomic E-state index is -0.0236. The highest BCUT2D eigenvalue weighted by atomic mass is 35.5. The van der Waals surface area contributed by atoms with E-state index in [1.807, 2.05) is 54.3 Å². The molecule has 30 heavy (non-hydrogen) atoms. The predicted molar refractivity (Wildman–Crippen MR) is 118 cm³/mol. The number of hydrogen-bond acceptors (Lipinski definition) is 3. The fraction of sp³-hybridized carbons (Fsp3) is 0.200. The van der Waals surface area contributed by atoms with Crippen molar-refractivity contribution in [1.82, 2.24) is 9.88 Å². The molecule has 3 aromatic rings. The molecule has 1 aromatic heterocycles. The monoisotopic (exact) mass is 416 g/mol. The average molecular weight is 417 g/mol. The number of carbonyl (C=O) groups excluding carboxylic acids is 1. The fourth-order valence-corrected chi connectivity index (χ4v) is 3.82. The molecular weight excluding hydrogens is 396 g/mol. The minimum Gasteiger partial charge on any atom is -0.493 e. The van der Waals surface area contributed by atoms with Crippen molar-refractivity contribution in [2.45, 2.75) is 19.9 Å². The summed E-state index contributed by atoms with van der Waals surface area (Å²) in [6.45, 7) is 3.63. The molecule has 0 spiro atoms. The van der Waals surface area contributed by atoms with Gasteiger partial charge in [0.15, 0.2) is 0 Å². The molecule has 0 saturated heterocycles. The Balaban J connectivity index is 1.61. The fourth-order valence-electron chi connectivity index (χ4n) is 3.53. The van der Waals surface area contributed by atoms with Crippen LogP contribution in [-0.4, -0.2) is 28.9 Å². The molecule has 0 N–H and O–H groups in total. The molecule has 0 saturated carbocycles. The Labute approximate surface area is 181 Å². The minimum absolute atomic E-state index is 0.0236. The normalized spacial score (nSPS) is 12.5. The van der Waals surface area contributed by atoms with E-state index in [-0.39, 0.29) is 5.91 Å². The number of halogens is 1. The number of nitrogens with zero attached hydrogens (tertiary/aromatic N) is 2. The van der Waals surface area contributed by atoms with E-state index < -0.39 is 0 Å². The van der Waals surface area contributed by atoms with Gasteiger partial charge in [-0.2, -0.15) is 0 Å². The highest BCUT2D eigenvalue weighted by molar-refractivity contribution is 6.31. The molecule has 0 bridgehead atoms. The van der Waals surface area contributed by atoms with Crippen LogP contribution in [0.5, 0.6) is 5.75 Å². The van der Waals surface area contributed by atoms with Gasteiger partial charge in [-0.15, -0.1) is 0 Å². The first-order chi connectivity index (χ1) is 14.7. The molecular formula is C25H21ClN2O2. The summed E-state index contributed by atoms with van der Waals surface area (Å²) in [5, 5.41) is 0.771. The number of hydrogen-bond donors (Lipinski definition) is 0. The third kappa shape index (κ3) is 4.32. The molecule has 0 unspecified atom stereocenters. The Morgan fingerprint density at radius 3 is 2.87 bits per heavy atom. The summed E-state index contributed by atoms with van der Waals surface area (Å²) in [5.74, 6) is 6.79. The second-order valence-electron chi connectivity index (χ2n) is 6.96. The van der Waals surface area contributed by atoms with Crippen LogP contribution in [0.4, 0.5) is 0 Å². The Bertz CT molecular complexity index is 1130. The van der Waals surface area contributed by atoms with Crippen LogP contribution in [0.25, 0.3) is 0 Å². The summed E-state index contributed by atoms with van der Waals surface area (Å²) >= 11 is 6.30. The molecule has 0 fully saturated rings. The quantitative estimate of drug-likeness (QED) is 0.579. The number of benzene rings is 2. The summed E-state index contributed by atoms with van der Waals surface area (Å²) in [6, 6.07) is 16.9. The third-order valence-electron chi connectivity index (χ3n) is 5.01. The summed E-state index contributed by atoms with van der Waals surface area (Å²) in [5.41, 5.74) is 4.17. The first kappa shape index (κ1) is 20.0. The van der Waals surface area contributed by atoms with Crippen molar-refractivity contribution in [1.29, 1.82) is 0 Å². The first-order valence-corrected chi connectivity index (χ1v) is 10.3. The topological polar surface area (TPSA) is 42.4 Å². The second kappa shape index (κ2) is 9.02. The molecule has 1 aliphatic heterocycles. The standard InChI is InChI=1S/C25H21ClN2O2/c1-2-30-24-12-10-19(16-18(24)9-11-21-7-3-4-14-27-21)25(29)28-15-13-22-20(17-28)6-5-8-23(22)26/h3-8,10,12,14,16H,2,13,15,17H2,1H3. The van der Waals surface area contributed by atoms with E-state index in [1.54, 1.807) is 18.3 Å². The lowest BCUT2D eigenvalue weighted by molar-refractivity contribution is 0.0734. The first-order valence-electron chi connectivity index (χ1n) is 9.91. The number of aromatic nitrogens is 1. The maximum Gasteiger partial charge on any atom is 0.254 e. The van der Waals surface area contributed by atoms with Gasteiger partial charge >= 0.3 is 0 Å². The third-order valence-corrected chi connectivity index (χ3v) is 5.37. The highest BCUT2D eigenvalue weighted by Crippen LogP contribution is 2.27. The van der Waals surface area contributed by atoms with E-state index >= 15 is 0 Å². The van der Waals surface area contributed by atoms with E-state index in [1.165, 1.54) is 0 Å². The van der Waals surface area contributed by atoms with Crippen molar-refractivity contribution in [2.24, 2.45) is 0 Å². The van der Waals surface area contributed by atoms with Gasteiger partial charge in [0, 0.05) is 29.9 Å². The Morgan fingerprint density at radius 1 is 1.17 bits per heavy atom. The predicted octanol–water partition coefficient (Wildman–Crippen LogP) is 4.73. The van der Waals surface area contributed by atoms with Crippen LogP contribution >= 0.6 is 11.6 Å². The van der Waals surface area contributed by atoms with Gasteiger partial charge in [0.25, 0.3) is 5.91 Å². The van der Waals surface area contributed by atoms with Gasteiger partial charge in [-0.25, -0.2) is 4.98 Å². The smallest absolute Gasteiger partial charge is 0.254 e. The Hall–Kier alpha value is -3.29. The summed E-state index contributed by atoms with van der Waals surface area (Å²) in [4.78, 5) is 19.3. The average Bonchev–Trinajstić information content (AvgIpc) is 2.79. The largest absolute Gasteiger partial charge is 0.493 e. The van der Waals surface area contributed by atoms with Crippen molar-refractivity contribution < 1.29 is 9.53 Å². The lowest BCUT2D eigenvalue weighted by Gasteiger charge is -2.29. The van der Waals surface area contributed by atoms with Crippen LogP contribution in [-0.2, 0) is 13.0 Å². The molecule has 5 heteroatoms. The maximum atomic E-state index is 13.2. The van der Waals surface area contributed by atoms with Crippen LogP contribution in [0.15, 0.2) is 60.8 Å². The van der Waals surface area contributed by atoms with Crippen molar-refractivity contribution in [3.63, 3.8) is 0 Å². The van der Waals surface area contributed by atoms with Crippen LogP contribution in [0, 0.1) is 11.8 Å². The van der Waals surface area contributed by atoms with Crippen molar-refractivity contribution in [2.75, 3.05) is 13.2 Å². The van der Waals surface area contributed by atoms with Crippen molar-refractivity contribution in [3.8, 4) is 17.6 Å². The molecule has 4 nitrogen and oxygen atoms in total. The van der Waals surface area contributed by atoms with E-state index in [9.17, 15) is 4.79 Å². The molecule has 2 aromatic carbocycles. The molecule has 2 heterocycles. The Morgan fingerprint density at radius 2 is 2.07 bits per heavy atom. The summed E-state index contributed by atoms with van der Waals surface area (Å²) in [7, 11) is 0. The van der Waals surface area contributed by atoms with Crippen molar-refractivity contribution in [3.05, 3.63) is 93.8 Å². The van der Waals surface area contributed by atoms with Gasteiger partial charge in [0.2, 0.25) is 0 Å². The van der Waals surface area contributed by atoms with Gasteiger partial charge in [0.05, 0.1) is 12.2 Å². The highest BCUT2D eigenvalue weighted by Gasteiger charge is 2.23. The van der Waals surface area contributed by atoms with E-state index in [4.69, 9.17) is 16.3 Å². The maximum absolute atomic E-state index is 13.2. The van der Waals surface area contributed by atoms with Gasteiger partial charge in [-0.3, -0.25) is 4.79 Å². The lowest BCUT2D eigenvalue weighted by Crippen LogP contribution is -2.36. The summed E-state index contributed by atoms with van der Waals surface area (Å²) in [6.07, 6.45) is 2.46. The number of fused-ring (bicyclic) bond motifs is 1. The Kier molecular flexibility index (Phi) is 6.02. The van der Waals surface area contributed by atoms with Gasteiger partial charge in [0.1, 0.15) is 11.4 Å². The number of pyridine rings is 1. The second-order valence-corrected chi connectivity index (χ2v) is 7.37. The van der Waals surface area contributed by atoms with Gasteiger partial charge < -0.3 is 9.64 Å². The molecule has 0 aliphatic carbocycles. The number of rotatable bonds is 3. The van der Waals surface area contributed by atoms with E-state index in [0.29, 0.717) is 42.3 Å². The van der Waals surface area contributed by atoms with E-state index in [2.05, 4.69) is 16.8 Å². The molecule has 4 rings (SSSR count). The molecule has 1 aliphatic rings. The molecule has 150 valence electrons. The van der Waals surface area contributed by atoms with Crippen molar-refractivity contribution >= 4 is 17.5 Å². The van der Waals surface area contributed by atoms with Gasteiger partial charge in [-0.05, 0) is 66.8 Å². The molecule has 0 atom stereocenters. The van der Waals surface area contributed by atoms with Gasteiger partial charge in [-0.1, -0.05) is 35.7 Å². The SMILES string of the molecule is CCOc1ccc(C(=O)N2CCc3c(Cl)cccc3C2)cc1C#Cc1ccccn1.